The van der Waals surface area contributed by atoms with Gasteiger partial charge in [0.2, 0.25) is 0 Å². The standard InChI is InChI=1S/C14H24O2/c1-14(2)8-4-5-10-9-11(13(15)16-3)6-7-12(10)14/h10-12H,4-9H2,1-3H3. The van der Waals surface area contributed by atoms with Crippen molar-refractivity contribution in [2.45, 2.75) is 52.4 Å². The molecule has 0 aromatic carbocycles. The van der Waals surface area contributed by atoms with E-state index in [1.165, 1.54) is 32.8 Å². The molecule has 2 rings (SSSR count). The van der Waals surface area contributed by atoms with Gasteiger partial charge in [-0.2, -0.15) is 0 Å². The minimum Gasteiger partial charge on any atom is -0.469 e. The lowest BCUT2D eigenvalue weighted by atomic mass is 9.57. The normalized spacial score (nSPS) is 37.6. The average Bonchev–Trinajstić information content (AvgIpc) is 2.27. The van der Waals surface area contributed by atoms with Gasteiger partial charge in [0.05, 0.1) is 13.0 Å². The molecule has 0 radical (unpaired) electrons. The summed E-state index contributed by atoms with van der Waals surface area (Å²) in [6, 6.07) is 0. The molecular formula is C14H24O2. The van der Waals surface area contributed by atoms with E-state index in [2.05, 4.69) is 13.8 Å². The van der Waals surface area contributed by atoms with Gasteiger partial charge >= 0.3 is 5.97 Å². The number of methoxy groups -OCH3 is 1. The van der Waals surface area contributed by atoms with Gasteiger partial charge in [-0.25, -0.2) is 0 Å². The van der Waals surface area contributed by atoms with Gasteiger partial charge in [0.25, 0.3) is 0 Å². The van der Waals surface area contributed by atoms with Crippen LogP contribution in [-0.4, -0.2) is 13.1 Å². The summed E-state index contributed by atoms with van der Waals surface area (Å²) >= 11 is 0. The van der Waals surface area contributed by atoms with Crippen molar-refractivity contribution in [3.8, 4) is 0 Å². The highest BCUT2D eigenvalue weighted by atomic mass is 16.5. The third-order valence-electron chi connectivity index (χ3n) is 4.92. The van der Waals surface area contributed by atoms with E-state index >= 15 is 0 Å². The van der Waals surface area contributed by atoms with Crippen molar-refractivity contribution in [2.24, 2.45) is 23.2 Å². The molecule has 0 bridgehead atoms. The molecule has 2 nitrogen and oxygen atoms in total. The molecule has 2 fully saturated rings. The van der Waals surface area contributed by atoms with Crippen LogP contribution >= 0.6 is 0 Å². The third-order valence-corrected chi connectivity index (χ3v) is 4.92. The fourth-order valence-corrected chi connectivity index (χ4v) is 4.00. The summed E-state index contributed by atoms with van der Waals surface area (Å²) in [5, 5.41) is 0. The Balaban J connectivity index is 2.03. The Morgan fingerprint density at radius 3 is 2.69 bits per heavy atom. The van der Waals surface area contributed by atoms with Crippen molar-refractivity contribution < 1.29 is 9.53 Å². The SMILES string of the molecule is COC(=O)C1CCC2C(CCCC2(C)C)C1. The first-order valence-corrected chi connectivity index (χ1v) is 6.62. The van der Waals surface area contributed by atoms with Crippen LogP contribution in [0.3, 0.4) is 0 Å². The second-order valence-corrected chi connectivity index (χ2v) is 6.28. The van der Waals surface area contributed by atoms with Crippen molar-refractivity contribution >= 4 is 5.97 Å². The topological polar surface area (TPSA) is 26.3 Å². The van der Waals surface area contributed by atoms with E-state index in [-0.39, 0.29) is 11.9 Å². The van der Waals surface area contributed by atoms with Crippen molar-refractivity contribution in [3.05, 3.63) is 0 Å². The monoisotopic (exact) mass is 224 g/mol. The molecule has 0 N–H and O–H groups in total. The number of esters is 1. The van der Waals surface area contributed by atoms with Crippen LogP contribution in [0.1, 0.15) is 52.4 Å². The Hall–Kier alpha value is -0.530. The van der Waals surface area contributed by atoms with Crippen molar-refractivity contribution in [3.63, 3.8) is 0 Å². The zero-order valence-corrected chi connectivity index (χ0v) is 10.8. The molecule has 0 aliphatic heterocycles. The zero-order chi connectivity index (χ0) is 11.8. The van der Waals surface area contributed by atoms with Crippen LogP contribution in [0.5, 0.6) is 0 Å². The van der Waals surface area contributed by atoms with Crippen LogP contribution in [0, 0.1) is 23.2 Å². The molecule has 2 aliphatic rings. The summed E-state index contributed by atoms with van der Waals surface area (Å²) in [4.78, 5) is 11.6. The predicted octanol–water partition coefficient (Wildman–Crippen LogP) is 3.40. The van der Waals surface area contributed by atoms with Crippen molar-refractivity contribution in [1.82, 2.24) is 0 Å². The van der Waals surface area contributed by atoms with Crippen LogP contribution in [0.2, 0.25) is 0 Å². The Labute approximate surface area is 98.7 Å². The summed E-state index contributed by atoms with van der Waals surface area (Å²) in [5.41, 5.74) is 0.490. The first-order valence-electron chi connectivity index (χ1n) is 6.62. The van der Waals surface area contributed by atoms with Crippen LogP contribution in [0.25, 0.3) is 0 Å². The number of hydrogen-bond donors (Lipinski definition) is 0. The van der Waals surface area contributed by atoms with Gasteiger partial charge in [-0.05, 0) is 42.9 Å². The maximum Gasteiger partial charge on any atom is 0.308 e. The molecule has 92 valence electrons. The number of fused-ring (bicyclic) bond motifs is 1. The van der Waals surface area contributed by atoms with Gasteiger partial charge in [-0.15, -0.1) is 0 Å². The lowest BCUT2D eigenvalue weighted by Crippen LogP contribution is -2.40. The molecule has 0 heterocycles. The Kier molecular flexibility index (Phi) is 3.27. The number of ether oxygens (including phenoxy) is 1. The zero-order valence-electron chi connectivity index (χ0n) is 10.8. The summed E-state index contributed by atoms with van der Waals surface area (Å²) < 4.78 is 4.88. The van der Waals surface area contributed by atoms with Crippen molar-refractivity contribution in [1.29, 1.82) is 0 Å². The molecule has 2 saturated carbocycles. The van der Waals surface area contributed by atoms with Gasteiger partial charge in [-0.1, -0.05) is 26.7 Å². The summed E-state index contributed by atoms with van der Waals surface area (Å²) in [6.45, 7) is 4.81. The molecule has 0 amide bonds. The lowest BCUT2D eigenvalue weighted by molar-refractivity contribution is -0.148. The molecule has 0 aromatic heterocycles. The number of carbonyl (C=O) groups excluding carboxylic acids is 1. The van der Waals surface area contributed by atoms with E-state index in [0.717, 1.165) is 24.7 Å². The molecular weight excluding hydrogens is 200 g/mol. The maximum absolute atomic E-state index is 11.6. The fraction of sp³-hybridized carbons (Fsp3) is 0.929. The molecule has 3 atom stereocenters. The quantitative estimate of drug-likeness (QED) is 0.638. The van der Waals surface area contributed by atoms with Crippen LogP contribution in [-0.2, 0) is 9.53 Å². The number of hydrogen-bond acceptors (Lipinski definition) is 2. The lowest BCUT2D eigenvalue weighted by Gasteiger charge is -2.48. The Morgan fingerprint density at radius 2 is 2.00 bits per heavy atom. The highest BCUT2D eigenvalue weighted by Gasteiger charge is 2.43. The summed E-state index contributed by atoms with van der Waals surface area (Å²) in [6.07, 6.45) is 7.34. The van der Waals surface area contributed by atoms with E-state index < -0.39 is 0 Å². The fourth-order valence-electron chi connectivity index (χ4n) is 4.00. The molecule has 0 aromatic rings. The van der Waals surface area contributed by atoms with Gasteiger partial charge < -0.3 is 4.74 Å². The molecule has 3 unspecified atom stereocenters. The third kappa shape index (κ3) is 2.11. The van der Waals surface area contributed by atoms with E-state index in [4.69, 9.17) is 4.74 Å². The van der Waals surface area contributed by atoms with Crippen molar-refractivity contribution in [2.75, 3.05) is 7.11 Å². The minimum atomic E-state index is 0.0156. The Morgan fingerprint density at radius 1 is 1.25 bits per heavy atom. The highest BCUT2D eigenvalue weighted by molar-refractivity contribution is 5.72. The second-order valence-electron chi connectivity index (χ2n) is 6.28. The predicted molar refractivity (Wildman–Crippen MR) is 64.0 cm³/mol. The molecule has 2 aliphatic carbocycles. The van der Waals surface area contributed by atoms with Gasteiger partial charge in [0.1, 0.15) is 0 Å². The average molecular weight is 224 g/mol. The van der Waals surface area contributed by atoms with E-state index in [1.807, 2.05) is 0 Å². The van der Waals surface area contributed by atoms with E-state index in [9.17, 15) is 4.79 Å². The van der Waals surface area contributed by atoms with Gasteiger partial charge in [0, 0.05) is 0 Å². The molecule has 16 heavy (non-hydrogen) atoms. The minimum absolute atomic E-state index is 0.0156. The molecule has 0 saturated heterocycles. The number of carbonyl (C=O) groups is 1. The Bertz CT molecular complexity index is 270. The number of rotatable bonds is 1. The largest absolute Gasteiger partial charge is 0.469 e. The van der Waals surface area contributed by atoms with Crippen LogP contribution in [0.4, 0.5) is 0 Å². The summed E-state index contributed by atoms with van der Waals surface area (Å²) in [7, 11) is 1.51. The van der Waals surface area contributed by atoms with Gasteiger partial charge in [-0.3, -0.25) is 4.79 Å². The van der Waals surface area contributed by atoms with Crippen LogP contribution in [0.15, 0.2) is 0 Å². The second kappa shape index (κ2) is 4.38. The van der Waals surface area contributed by atoms with Gasteiger partial charge in [0.15, 0.2) is 0 Å². The summed E-state index contributed by atoms with van der Waals surface area (Å²) in [5.74, 6) is 1.80. The first-order chi connectivity index (χ1) is 7.54. The van der Waals surface area contributed by atoms with E-state index in [0.29, 0.717) is 5.41 Å². The van der Waals surface area contributed by atoms with E-state index in [1.54, 1.807) is 0 Å². The highest BCUT2D eigenvalue weighted by Crippen LogP contribution is 2.51. The maximum atomic E-state index is 11.6. The molecule has 2 heteroatoms. The molecule has 0 spiro atoms. The smallest absolute Gasteiger partial charge is 0.308 e. The van der Waals surface area contributed by atoms with Crippen LogP contribution < -0.4 is 0 Å². The first kappa shape index (κ1) is 11.9.